The third kappa shape index (κ3) is 7.08. The number of aryl methyl sites for hydroxylation is 1. The van der Waals surface area contributed by atoms with Crippen LogP contribution in [0.15, 0.2) is 23.2 Å². The zero-order valence-electron chi connectivity index (χ0n) is 12.6. The molecule has 21 heavy (non-hydrogen) atoms. The monoisotopic (exact) mass is 315 g/mol. The van der Waals surface area contributed by atoms with E-state index in [1.54, 1.807) is 13.1 Å². The third-order valence-electron chi connectivity index (χ3n) is 2.98. The zero-order chi connectivity index (χ0) is 15.9. The van der Waals surface area contributed by atoms with Gasteiger partial charge in [-0.05, 0) is 36.6 Å². The molecule has 0 aromatic heterocycles. The lowest BCUT2D eigenvalue weighted by atomic mass is 10.1. The Kier molecular flexibility index (Phi) is 6.61. The number of rotatable bonds is 6. The molecule has 0 saturated carbocycles. The van der Waals surface area contributed by atoms with Crippen LogP contribution in [0.2, 0.25) is 0 Å². The zero-order valence-corrected chi connectivity index (χ0v) is 13.4. The molecule has 1 aromatic carbocycles. The highest BCUT2D eigenvalue weighted by molar-refractivity contribution is 7.90. The molecular weight excluding hydrogens is 293 g/mol. The summed E-state index contributed by atoms with van der Waals surface area (Å²) >= 11 is 0. The van der Waals surface area contributed by atoms with Crippen molar-refractivity contribution >= 4 is 15.8 Å². The van der Waals surface area contributed by atoms with Crippen LogP contribution in [-0.2, 0) is 16.3 Å². The summed E-state index contributed by atoms with van der Waals surface area (Å²) in [7, 11) is -1.36. The number of aliphatic imine (C=N–C) groups is 1. The van der Waals surface area contributed by atoms with Gasteiger partial charge >= 0.3 is 0 Å². The average Bonchev–Trinajstić information content (AvgIpc) is 2.38. The highest BCUT2D eigenvalue weighted by Crippen LogP contribution is 2.10. The third-order valence-corrected chi connectivity index (χ3v) is 3.93. The highest BCUT2D eigenvalue weighted by atomic mass is 32.2. The molecule has 2 N–H and O–H groups in total. The van der Waals surface area contributed by atoms with Crippen LogP contribution in [0.5, 0.6) is 0 Å². The van der Waals surface area contributed by atoms with Gasteiger partial charge in [-0.25, -0.2) is 12.8 Å². The minimum Gasteiger partial charge on any atom is -0.356 e. The van der Waals surface area contributed by atoms with E-state index in [1.165, 1.54) is 18.4 Å². The van der Waals surface area contributed by atoms with E-state index < -0.39 is 9.84 Å². The Bertz CT molecular complexity index is 600. The maximum atomic E-state index is 13.0. The van der Waals surface area contributed by atoms with Crippen LogP contribution in [0.1, 0.15) is 11.1 Å². The number of nitrogens with one attached hydrogen (secondary N) is 2. The minimum absolute atomic E-state index is 0.0603. The Morgan fingerprint density at radius 3 is 2.52 bits per heavy atom. The molecule has 0 amide bonds. The van der Waals surface area contributed by atoms with Crippen LogP contribution in [-0.4, -0.2) is 46.5 Å². The van der Waals surface area contributed by atoms with Crippen molar-refractivity contribution in [2.75, 3.05) is 32.1 Å². The predicted octanol–water partition coefficient (Wildman–Crippen LogP) is 0.886. The van der Waals surface area contributed by atoms with Crippen molar-refractivity contribution in [3.05, 3.63) is 35.1 Å². The van der Waals surface area contributed by atoms with Crippen LogP contribution in [0.3, 0.4) is 0 Å². The van der Waals surface area contributed by atoms with E-state index in [1.807, 2.05) is 6.92 Å². The number of hydrogen-bond donors (Lipinski definition) is 2. The molecule has 1 rings (SSSR count). The lowest BCUT2D eigenvalue weighted by Crippen LogP contribution is -2.40. The Labute approximate surface area is 125 Å². The Morgan fingerprint density at radius 2 is 1.95 bits per heavy atom. The highest BCUT2D eigenvalue weighted by Gasteiger charge is 2.04. The lowest BCUT2D eigenvalue weighted by molar-refractivity contribution is 0.600. The van der Waals surface area contributed by atoms with Crippen LogP contribution >= 0.6 is 0 Å². The maximum absolute atomic E-state index is 13.0. The average molecular weight is 315 g/mol. The quantitative estimate of drug-likeness (QED) is 0.604. The van der Waals surface area contributed by atoms with Gasteiger partial charge in [-0.15, -0.1) is 0 Å². The first-order chi connectivity index (χ1) is 9.81. The fourth-order valence-electron chi connectivity index (χ4n) is 1.83. The van der Waals surface area contributed by atoms with Gasteiger partial charge in [0.2, 0.25) is 0 Å². The van der Waals surface area contributed by atoms with Gasteiger partial charge in [0.15, 0.2) is 5.96 Å². The Hall–Kier alpha value is -1.63. The molecule has 0 fully saturated rings. The summed E-state index contributed by atoms with van der Waals surface area (Å²) in [6, 6.07) is 4.72. The molecule has 0 heterocycles. The van der Waals surface area contributed by atoms with Gasteiger partial charge in [-0.1, -0.05) is 6.07 Å². The molecule has 0 saturated heterocycles. The van der Waals surface area contributed by atoms with E-state index in [2.05, 4.69) is 15.6 Å². The number of halogens is 1. The predicted molar refractivity (Wildman–Crippen MR) is 83.9 cm³/mol. The lowest BCUT2D eigenvalue weighted by Gasteiger charge is -2.12. The van der Waals surface area contributed by atoms with Crippen LogP contribution in [0, 0.1) is 12.7 Å². The Morgan fingerprint density at radius 1 is 1.29 bits per heavy atom. The molecule has 5 nitrogen and oxygen atoms in total. The van der Waals surface area contributed by atoms with Gasteiger partial charge < -0.3 is 10.6 Å². The largest absolute Gasteiger partial charge is 0.356 e. The topological polar surface area (TPSA) is 70.6 Å². The maximum Gasteiger partial charge on any atom is 0.191 e. The van der Waals surface area contributed by atoms with E-state index in [4.69, 9.17) is 0 Å². The van der Waals surface area contributed by atoms with Crippen molar-refractivity contribution in [3.63, 3.8) is 0 Å². The number of benzene rings is 1. The molecule has 0 radical (unpaired) electrons. The molecule has 1 aromatic rings. The van der Waals surface area contributed by atoms with Crippen molar-refractivity contribution in [1.82, 2.24) is 10.6 Å². The van der Waals surface area contributed by atoms with E-state index in [0.717, 1.165) is 17.5 Å². The van der Waals surface area contributed by atoms with Gasteiger partial charge in [-0.2, -0.15) is 0 Å². The fraction of sp³-hybridized carbons (Fsp3) is 0.500. The second-order valence-electron chi connectivity index (χ2n) is 4.88. The molecule has 0 spiro atoms. The van der Waals surface area contributed by atoms with Gasteiger partial charge in [0.1, 0.15) is 15.7 Å². The SMILES string of the molecule is CN=C(NCCc1ccc(F)cc1C)NCCS(C)(=O)=O. The van der Waals surface area contributed by atoms with Crippen molar-refractivity contribution in [3.8, 4) is 0 Å². The van der Waals surface area contributed by atoms with E-state index >= 15 is 0 Å². The molecule has 0 aliphatic rings. The summed E-state index contributed by atoms with van der Waals surface area (Å²) in [5, 5.41) is 6.03. The first-order valence-corrected chi connectivity index (χ1v) is 8.75. The molecular formula is C14H22FN3O2S. The first-order valence-electron chi connectivity index (χ1n) is 6.69. The standard InChI is InChI=1S/C14H22FN3O2S/c1-11-10-13(15)5-4-12(11)6-7-17-14(16-2)18-8-9-21(3,19)20/h4-5,10H,6-9H2,1-3H3,(H2,16,17,18). The molecule has 118 valence electrons. The summed E-state index contributed by atoms with van der Waals surface area (Å²) < 4.78 is 35.1. The summed E-state index contributed by atoms with van der Waals surface area (Å²) in [5.74, 6) is 0.381. The van der Waals surface area contributed by atoms with Crippen LogP contribution < -0.4 is 10.6 Å². The molecule has 0 unspecified atom stereocenters. The van der Waals surface area contributed by atoms with Crippen molar-refractivity contribution < 1.29 is 12.8 Å². The van der Waals surface area contributed by atoms with Gasteiger partial charge in [0.25, 0.3) is 0 Å². The van der Waals surface area contributed by atoms with Crippen molar-refractivity contribution in [2.24, 2.45) is 4.99 Å². The van der Waals surface area contributed by atoms with E-state index in [0.29, 0.717) is 19.0 Å². The van der Waals surface area contributed by atoms with Gasteiger partial charge in [0.05, 0.1) is 5.75 Å². The van der Waals surface area contributed by atoms with Crippen LogP contribution in [0.4, 0.5) is 4.39 Å². The number of nitrogens with zero attached hydrogens (tertiary/aromatic N) is 1. The number of hydrogen-bond acceptors (Lipinski definition) is 3. The minimum atomic E-state index is -2.98. The van der Waals surface area contributed by atoms with Crippen LogP contribution in [0.25, 0.3) is 0 Å². The smallest absolute Gasteiger partial charge is 0.191 e. The van der Waals surface area contributed by atoms with E-state index in [9.17, 15) is 12.8 Å². The molecule has 0 bridgehead atoms. The second-order valence-corrected chi connectivity index (χ2v) is 7.14. The van der Waals surface area contributed by atoms with Crippen molar-refractivity contribution in [2.45, 2.75) is 13.3 Å². The molecule has 0 atom stereocenters. The number of sulfone groups is 1. The summed E-state index contributed by atoms with van der Waals surface area (Å²) in [6.45, 7) is 2.82. The summed E-state index contributed by atoms with van der Waals surface area (Å²) in [4.78, 5) is 4.01. The van der Waals surface area contributed by atoms with Crippen molar-refractivity contribution in [1.29, 1.82) is 0 Å². The molecule has 7 heteroatoms. The summed E-state index contributed by atoms with van der Waals surface area (Å²) in [5.41, 5.74) is 1.98. The fourth-order valence-corrected chi connectivity index (χ4v) is 2.30. The first kappa shape index (κ1) is 17.4. The Balaban J connectivity index is 2.39. The molecule has 0 aliphatic heterocycles. The second kappa shape index (κ2) is 7.97. The van der Waals surface area contributed by atoms with E-state index in [-0.39, 0.29) is 11.6 Å². The van der Waals surface area contributed by atoms with Gasteiger partial charge in [0, 0.05) is 26.4 Å². The van der Waals surface area contributed by atoms with Gasteiger partial charge in [-0.3, -0.25) is 4.99 Å². The molecule has 0 aliphatic carbocycles. The normalized spacial score (nSPS) is 12.3. The summed E-state index contributed by atoms with van der Waals surface area (Å²) in [6.07, 6.45) is 1.93. The number of guanidine groups is 1.